The van der Waals surface area contributed by atoms with Crippen LogP contribution in [0.2, 0.25) is 0 Å². The van der Waals surface area contributed by atoms with E-state index in [1.165, 1.54) is 17.4 Å². The Morgan fingerprint density at radius 3 is 2.81 bits per heavy atom. The Morgan fingerprint density at radius 2 is 2.10 bits per heavy atom. The van der Waals surface area contributed by atoms with Gasteiger partial charge in [0, 0.05) is 4.88 Å². The van der Waals surface area contributed by atoms with Crippen molar-refractivity contribution in [2.45, 2.75) is 32.6 Å². The maximum Gasteiger partial charge on any atom is 0.412 e. The summed E-state index contributed by atoms with van der Waals surface area (Å²) in [6.07, 6.45) is 4.86. The third-order valence-corrected chi connectivity index (χ3v) is 4.41. The Hall–Kier alpha value is -1.82. The van der Waals surface area contributed by atoms with Crippen LogP contribution in [0.25, 0.3) is 0 Å². The van der Waals surface area contributed by atoms with Gasteiger partial charge in [-0.2, -0.15) is 0 Å². The van der Waals surface area contributed by atoms with E-state index in [-0.39, 0.29) is 12.6 Å². The van der Waals surface area contributed by atoms with Crippen LogP contribution in [0.1, 0.15) is 40.6 Å². The molecule has 6 heteroatoms. The van der Waals surface area contributed by atoms with Crippen molar-refractivity contribution in [2.24, 2.45) is 0 Å². The highest BCUT2D eigenvalue weighted by Crippen LogP contribution is 2.38. The molecule has 0 spiro atoms. The first-order chi connectivity index (χ1) is 10.2. The topological polar surface area (TPSA) is 64.6 Å². The van der Waals surface area contributed by atoms with Gasteiger partial charge in [-0.15, -0.1) is 11.3 Å². The highest BCUT2D eigenvalue weighted by molar-refractivity contribution is 7.17. The van der Waals surface area contributed by atoms with Crippen molar-refractivity contribution in [3.05, 3.63) is 28.7 Å². The number of anilines is 1. The maximum atomic E-state index is 12.2. The number of rotatable bonds is 5. The summed E-state index contributed by atoms with van der Waals surface area (Å²) < 4.78 is 10.0. The van der Waals surface area contributed by atoms with Crippen molar-refractivity contribution in [1.82, 2.24) is 0 Å². The number of thiophene rings is 1. The lowest BCUT2D eigenvalue weighted by Crippen LogP contribution is -2.16. The van der Waals surface area contributed by atoms with Gasteiger partial charge in [-0.05, 0) is 38.2 Å². The monoisotopic (exact) mass is 309 g/mol. The molecule has 0 aromatic carbocycles. The van der Waals surface area contributed by atoms with E-state index in [1.54, 1.807) is 6.92 Å². The second-order valence-corrected chi connectivity index (χ2v) is 5.75. The van der Waals surface area contributed by atoms with Crippen molar-refractivity contribution in [3.8, 4) is 0 Å². The molecule has 1 aromatic heterocycles. The van der Waals surface area contributed by atoms with E-state index < -0.39 is 6.09 Å². The summed E-state index contributed by atoms with van der Waals surface area (Å²) >= 11 is 1.44. The van der Waals surface area contributed by atoms with Gasteiger partial charge in [-0.1, -0.05) is 12.7 Å². The number of carbonyl (C=O) groups excluding carboxylic acids is 2. The van der Waals surface area contributed by atoms with Crippen LogP contribution in [0, 0.1) is 0 Å². The summed E-state index contributed by atoms with van der Waals surface area (Å²) in [4.78, 5) is 25.0. The fourth-order valence-corrected chi connectivity index (χ4v) is 3.60. The number of esters is 1. The molecule has 1 aliphatic rings. The van der Waals surface area contributed by atoms with E-state index in [9.17, 15) is 9.59 Å². The molecule has 0 unspecified atom stereocenters. The molecule has 0 saturated heterocycles. The second kappa shape index (κ2) is 7.26. The molecule has 0 saturated carbocycles. The Morgan fingerprint density at radius 1 is 1.33 bits per heavy atom. The van der Waals surface area contributed by atoms with Crippen LogP contribution >= 0.6 is 11.3 Å². The lowest BCUT2D eigenvalue weighted by molar-refractivity contribution is 0.0526. The quantitative estimate of drug-likeness (QED) is 0.667. The number of ether oxygens (including phenoxy) is 2. The van der Waals surface area contributed by atoms with Crippen LogP contribution in [0.4, 0.5) is 9.80 Å². The van der Waals surface area contributed by atoms with Gasteiger partial charge in [-0.3, -0.25) is 5.32 Å². The summed E-state index contributed by atoms with van der Waals surface area (Å²) in [6.45, 7) is 5.69. The molecule has 1 aliphatic carbocycles. The van der Waals surface area contributed by atoms with Crippen molar-refractivity contribution < 1.29 is 19.1 Å². The smallest absolute Gasteiger partial charge is 0.412 e. The number of aryl methyl sites for hydroxylation is 1. The van der Waals surface area contributed by atoms with Gasteiger partial charge in [-0.25, -0.2) is 9.59 Å². The fourth-order valence-electron chi connectivity index (χ4n) is 2.34. The van der Waals surface area contributed by atoms with Crippen molar-refractivity contribution in [3.63, 3.8) is 0 Å². The van der Waals surface area contributed by atoms with E-state index in [0.29, 0.717) is 17.2 Å². The number of nitrogens with one attached hydrogen (secondary N) is 1. The molecule has 0 aliphatic heterocycles. The van der Waals surface area contributed by atoms with Crippen molar-refractivity contribution in [1.29, 1.82) is 0 Å². The average molecular weight is 309 g/mol. The molecule has 0 radical (unpaired) electrons. The lowest BCUT2D eigenvalue weighted by atomic mass is 9.95. The standard InChI is InChI=1S/C15H19NO4S/c1-3-9-20-15(18)16-13-12(14(17)19-4-2)10-7-5-6-8-11(10)21-13/h3H,1,4-9H2,2H3,(H,16,18). The molecule has 2 rings (SSSR count). The summed E-state index contributed by atoms with van der Waals surface area (Å²) in [7, 11) is 0. The molecule has 0 atom stereocenters. The fraction of sp³-hybridized carbons (Fsp3) is 0.467. The zero-order chi connectivity index (χ0) is 15.2. The molecule has 0 fully saturated rings. The van der Waals surface area contributed by atoms with E-state index >= 15 is 0 Å². The molecule has 5 nitrogen and oxygen atoms in total. The Bertz CT molecular complexity index is 550. The molecule has 114 valence electrons. The van der Waals surface area contributed by atoms with Crippen molar-refractivity contribution in [2.75, 3.05) is 18.5 Å². The van der Waals surface area contributed by atoms with Gasteiger partial charge < -0.3 is 9.47 Å². The third kappa shape index (κ3) is 3.64. The molecule has 1 aromatic rings. The SMILES string of the molecule is C=CCOC(=O)Nc1sc2c(c1C(=O)OCC)CCCC2. The number of fused-ring (bicyclic) bond motifs is 1. The van der Waals surface area contributed by atoms with E-state index in [0.717, 1.165) is 36.1 Å². The largest absolute Gasteiger partial charge is 0.462 e. The van der Waals surface area contributed by atoms with Crippen LogP contribution in [0.15, 0.2) is 12.7 Å². The number of hydrogen-bond donors (Lipinski definition) is 1. The van der Waals surface area contributed by atoms with Gasteiger partial charge >= 0.3 is 12.1 Å². The molecule has 1 N–H and O–H groups in total. The summed E-state index contributed by atoms with van der Waals surface area (Å²) in [6, 6.07) is 0. The minimum atomic E-state index is -0.584. The average Bonchev–Trinajstić information content (AvgIpc) is 2.83. The third-order valence-electron chi connectivity index (χ3n) is 3.20. The number of amides is 1. The maximum absolute atomic E-state index is 12.2. The first-order valence-electron chi connectivity index (χ1n) is 7.03. The zero-order valence-corrected chi connectivity index (χ0v) is 12.9. The molecule has 1 heterocycles. The van der Waals surface area contributed by atoms with Gasteiger partial charge in [0.25, 0.3) is 0 Å². The molecular formula is C15H19NO4S. The van der Waals surface area contributed by atoms with Crippen molar-refractivity contribution >= 4 is 28.4 Å². The van der Waals surface area contributed by atoms with Crippen LogP contribution in [0.5, 0.6) is 0 Å². The Balaban J connectivity index is 2.26. The van der Waals surface area contributed by atoms with Gasteiger partial charge in [0.15, 0.2) is 0 Å². The van der Waals surface area contributed by atoms with E-state index in [2.05, 4.69) is 11.9 Å². The molecule has 21 heavy (non-hydrogen) atoms. The van der Waals surface area contributed by atoms with Gasteiger partial charge in [0.2, 0.25) is 0 Å². The van der Waals surface area contributed by atoms with Crippen LogP contribution in [-0.4, -0.2) is 25.3 Å². The Labute approximate surface area is 127 Å². The summed E-state index contributed by atoms with van der Waals surface area (Å²) in [5.74, 6) is -0.379. The van der Waals surface area contributed by atoms with Crippen LogP contribution in [-0.2, 0) is 22.3 Å². The van der Waals surface area contributed by atoms with Crippen LogP contribution < -0.4 is 5.32 Å². The number of carbonyl (C=O) groups is 2. The Kier molecular flexibility index (Phi) is 5.38. The summed E-state index contributed by atoms with van der Waals surface area (Å²) in [5.41, 5.74) is 1.51. The second-order valence-electron chi connectivity index (χ2n) is 4.65. The molecular weight excluding hydrogens is 290 g/mol. The van der Waals surface area contributed by atoms with E-state index in [1.807, 2.05) is 0 Å². The minimum Gasteiger partial charge on any atom is -0.462 e. The molecule has 1 amide bonds. The lowest BCUT2D eigenvalue weighted by Gasteiger charge is -2.12. The highest BCUT2D eigenvalue weighted by atomic mass is 32.1. The van der Waals surface area contributed by atoms with Gasteiger partial charge in [0.1, 0.15) is 11.6 Å². The molecule has 0 bridgehead atoms. The van der Waals surface area contributed by atoms with E-state index in [4.69, 9.17) is 9.47 Å². The zero-order valence-electron chi connectivity index (χ0n) is 12.1. The van der Waals surface area contributed by atoms with Crippen LogP contribution in [0.3, 0.4) is 0 Å². The van der Waals surface area contributed by atoms with Gasteiger partial charge in [0.05, 0.1) is 12.2 Å². The normalized spacial score (nSPS) is 13.2. The minimum absolute atomic E-state index is 0.131. The predicted molar refractivity (Wildman–Crippen MR) is 82.1 cm³/mol. The first kappa shape index (κ1) is 15.6. The number of hydrogen-bond acceptors (Lipinski definition) is 5. The summed E-state index contributed by atoms with van der Waals surface area (Å²) in [5, 5.41) is 3.17. The predicted octanol–water partition coefficient (Wildman–Crippen LogP) is 3.54. The highest BCUT2D eigenvalue weighted by Gasteiger charge is 2.27. The first-order valence-corrected chi connectivity index (χ1v) is 7.85.